The van der Waals surface area contributed by atoms with Gasteiger partial charge < -0.3 is 4.98 Å². The zero-order valence-corrected chi connectivity index (χ0v) is 11.8. The Morgan fingerprint density at radius 2 is 2.05 bits per heavy atom. The van der Waals surface area contributed by atoms with Gasteiger partial charge in [-0.15, -0.1) is 5.10 Å². The van der Waals surface area contributed by atoms with Crippen molar-refractivity contribution in [1.82, 2.24) is 19.6 Å². The lowest BCUT2D eigenvalue weighted by atomic mass is 10.2. The molecule has 1 aliphatic carbocycles. The smallest absolute Gasteiger partial charge is 0.277 e. The van der Waals surface area contributed by atoms with E-state index < -0.39 is 0 Å². The summed E-state index contributed by atoms with van der Waals surface area (Å²) in [6, 6.07) is 9.71. The van der Waals surface area contributed by atoms with Crippen LogP contribution in [-0.4, -0.2) is 19.6 Å². The summed E-state index contributed by atoms with van der Waals surface area (Å²) in [5.74, 6) is 1.98. The van der Waals surface area contributed by atoms with E-state index in [1.807, 2.05) is 37.3 Å². The van der Waals surface area contributed by atoms with Crippen LogP contribution in [0.1, 0.15) is 37.2 Å². The number of aryl methyl sites for hydroxylation is 1. The van der Waals surface area contributed by atoms with E-state index in [1.165, 1.54) is 0 Å². The third-order valence-corrected chi connectivity index (χ3v) is 3.92. The van der Waals surface area contributed by atoms with E-state index in [1.54, 1.807) is 4.52 Å². The van der Waals surface area contributed by atoms with Crippen LogP contribution in [0.3, 0.4) is 0 Å². The van der Waals surface area contributed by atoms with Crippen molar-refractivity contribution in [3.63, 3.8) is 0 Å². The van der Waals surface area contributed by atoms with E-state index in [0.717, 1.165) is 36.3 Å². The van der Waals surface area contributed by atoms with Crippen molar-refractivity contribution >= 4 is 5.52 Å². The van der Waals surface area contributed by atoms with Crippen LogP contribution in [0.15, 0.2) is 35.1 Å². The molecule has 5 nitrogen and oxygen atoms in total. The van der Waals surface area contributed by atoms with Crippen LogP contribution in [0.4, 0.5) is 0 Å². The first-order valence-electron chi connectivity index (χ1n) is 7.35. The highest BCUT2D eigenvalue weighted by Gasteiger charge is 2.30. The number of nitrogens with zero attached hydrogens (tertiary/aromatic N) is 3. The van der Waals surface area contributed by atoms with E-state index in [2.05, 4.69) is 15.1 Å². The van der Waals surface area contributed by atoms with Crippen LogP contribution in [0.5, 0.6) is 0 Å². The maximum atomic E-state index is 12.5. The molecule has 1 N–H and O–H groups in total. The van der Waals surface area contributed by atoms with Crippen molar-refractivity contribution in [1.29, 1.82) is 0 Å². The normalized spacial score (nSPS) is 14.7. The Kier molecular flexibility index (Phi) is 2.67. The second-order valence-corrected chi connectivity index (χ2v) is 5.47. The van der Waals surface area contributed by atoms with Crippen molar-refractivity contribution < 1.29 is 0 Å². The molecular formula is C16H16N4O. The van der Waals surface area contributed by atoms with E-state index in [-0.39, 0.29) is 5.56 Å². The van der Waals surface area contributed by atoms with Gasteiger partial charge in [0.1, 0.15) is 5.82 Å². The molecule has 0 atom stereocenters. The monoisotopic (exact) mass is 280 g/mol. The van der Waals surface area contributed by atoms with E-state index >= 15 is 0 Å². The molecule has 5 heteroatoms. The summed E-state index contributed by atoms with van der Waals surface area (Å²) in [5.41, 5.74) is 2.23. The summed E-state index contributed by atoms with van der Waals surface area (Å²) in [5, 5.41) is 4.63. The van der Waals surface area contributed by atoms with Crippen molar-refractivity contribution in [2.24, 2.45) is 0 Å². The molecule has 3 aromatic rings. The maximum absolute atomic E-state index is 12.5. The first kappa shape index (κ1) is 12.3. The summed E-state index contributed by atoms with van der Waals surface area (Å²) in [4.78, 5) is 20.0. The van der Waals surface area contributed by atoms with Gasteiger partial charge in [0, 0.05) is 11.5 Å². The van der Waals surface area contributed by atoms with Gasteiger partial charge in [0.15, 0.2) is 11.3 Å². The van der Waals surface area contributed by atoms with Crippen LogP contribution < -0.4 is 5.56 Å². The van der Waals surface area contributed by atoms with Crippen LogP contribution >= 0.6 is 0 Å². The maximum Gasteiger partial charge on any atom is 0.277 e. The van der Waals surface area contributed by atoms with Gasteiger partial charge in [-0.25, -0.2) is 9.50 Å². The number of benzene rings is 1. The highest BCUT2D eigenvalue weighted by atomic mass is 16.1. The van der Waals surface area contributed by atoms with Crippen LogP contribution in [0.2, 0.25) is 0 Å². The van der Waals surface area contributed by atoms with Gasteiger partial charge in [-0.05, 0) is 19.3 Å². The lowest BCUT2D eigenvalue weighted by molar-refractivity contribution is 0.803. The fraction of sp³-hybridized carbons (Fsp3) is 0.312. The van der Waals surface area contributed by atoms with Crippen molar-refractivity contribution in [2.45, 2.75) is 32.1 Å². The SMILES string of the molecule is CCc1nc(C2CC2)n2nc(-c3ccccc3)[nH]c(=O)c12. The zero-order valence-electron chi connectivity index (χ0n) is 11.8. The molecule has 4 rings (SSSR count). The average Bonchev–Trinajstić information content (AvgIpc) is 3.29. The first-order valence-corrected chi connectivity index (χ1v) is 7.35. The number of aromatic nitrogens is 4. The molecule has 0 bridgehead atoms. The summed E-state index contributed by atoms with van der Waals surface area (Å²) in [7, 11) is 0. The number of nitrogens with one attached hydrogen (secondary N) is 1. The van der Waals surface area contributed by atoms with Gasteiger partial charge in [-0.3, -0.25) is 4.79 Å². The summed E-state index contributed by atoms with van der Waals surface area (Å²) in [6.45, 7) is 2.02. The molecular weight excluding hydrogens is 264 g/mol. The molecule has 0 amide bonds. The van der Waals surface area contributed by atoms with Gasteiger partial charge in [-0.1, -0.05) is 37.3 Å². The standard InChI is InChI=1S/C16H16N4O/c1-2-12-13-16(21)18-14(10-6-4-3-5-7-10)19-20(13)15(17-12)11-8-9-11/h3-7,11H,2,8-9H2,1H3,(H,18,19,21). The molecule has 0 spiro atoms. The second kappa shape index (κ2) is 4.55. The number of H-pyrrole nitrogens is 1. The molecule has 1 aromatic carbocycles. The summed E-state index contributed by atoms with van der Waals surface area (Å²) < 4.78 is 1.76. The summed E-state index contributed by atoms with van der Waals surface area (Å²) >= 11 is 0. The molecule has 1 aliphatic rings. The largest absolute Gasteiger partial charge is 0.303 e. The second-order valence-electron chi connectivity index (χ2n) is 5.47. The zero-order chi connectivity index (χ0) is 14.4. The number of rotatable bonds is 3. The number of fused-ring (bicyclic) bond motifs is 1. The molecule has 0 aliphatic heterocycles. The van der Waals surface area contributed by atoms with Crippen LogP contribution in [0.25, 0.3) is 16.9 Å². The highest BCUT2D eigenvalue weighted by molar-refractivity contribution is 5.58. The van der Waals surface area contributed by atoms with Gasteiger partial charge in [0.2, 0.25) is 0 Å². The molecule has 0 unspecified atom stereocenters. The quantitative estimate of drug-likeness (QED) is 0.802. The Hall–Kier alpha value is -2.43. The third-order valence-electron chi connectivity index (χ3n) is 3.92. The fourth-order valence-corrected chi connectivity index (χ4v) is 2.67. The minimum absolute atomic E-state index is 0.111. The first-order chi connectivity index (χ1) is 10.3. The molecule has 0 radical (unpaired) electrons. The Bertz CT molecular complexity index is 859. The van der Waals surface area contributed by atoms with E-state index in [4.69, 9.17) is 0 Å². The molecule has 0 saturated heterocycles. The van der Waals surface area contributed by atoms with Crippen molar-refractivity contribution in [3.8, 4) is 11.4 Å². The van der Waals surface area contributed by atoms with Gasteiger partial charge in [0.25, 0.3) is 5.56 Å². The predicted octanol–water partition coefficient (Wildman–Crippen LogP) is 2.52. The molecule has 106 valence electrons. The number of aromatic amines is 1. The van der Waals surface area contributed by atoms with Gasteiger partial charge >= 0.3 is 0 Å². The molecule has 1 saturated carbocycles. The Morgan fingerprint density at radius 1 is 1.29 bits per heavy atom. The number of hydrogen-bond acceptors (Lipinski definition) is 3. The van der Waals surface area contributed by atoms with Crippen molar-refractivity contribution in [2.75, 3.05) is 0 Å². The topological polar surface area (TPSA) is 63.1 Å². The summed E-state index contributed by atoms with van der Waals surface area (Å²) in [6.07, 6.45) is 3.01. The van der Waals surface area contributed by atoms with Crippen LogP contribution in [-0.2, 0) is 6.42 Å². The van der Waals surface area contributed by atoms with Crippen molar-refractivity contribution in [3.05, 3.63) is 52.2 Å². The predicted molar refractivity (Wildman–Crippen MR) is 80.4 cm³/mol. The lowest BCUT2D eigenvalue weighted by Crippen LogP contribution is -2.15. The highest BCUT2D eigenvalue weighted by Crippen LogP contribution is 2.39. The average molecular weight is 280 g/mol. The van der Waals surface area contributed by atoms with E-state index in [0.29, 0.717) is 17.3 Å². The minimum atomic E-state index is -0.111. The Morgan fingerprint density at radius 3 is 2.71 bits per heavy atom. The van der Waals surface area contributed by atoms with E-state index in [9.17, 15) is 4.79 Å². The molecule has 1 fully saturated rings. The fourth-order valence-electron chi connectivity index (χ4n) is 2.67. The Balaban J connectivity index is 2.00. The number of hydrogen-bond donors (Lipinski definition) is 1. The minimum Gasteiger partial charge on any atom is -0.303 e. The lowest BCUT2D eigenvalue weighted by Gasteiger charge is -2.03. The Labute approximate surface area is 121 Å². The van der Waals surface area contributed by atoms with Crippen LogP contribution in [0, 0.1) is 0 Å². The number of imidazole rings is 1. The van der Waals surface area contributed by atoms with Gasteiger partial charge in [0.05, 0.1) is 5.69 Å². The molecule has 2 aromatic heterocycles. The molecule has 2 heterocycles. The van der Waals surface area contributed by atoms with Gasteiger partial charge in [-0.2, -0.15) is 0 Å². The molecule has 21 heavy (non-hydrogen) atoms. The third kappa shape index (κ3) is 1.96.